The number of carbonyl (C=O) groups is 1. The Bertz CT molecular complexity index is 984. The lowest BCUT2D eigenvalue weighted by molar-refractivity contribution is -0.121. The molecule has 0 spiro atoms. The number of aromatic nitrogens is 2. The lowest BCUT2D eigenvalue weighted by Gasteiger charge is -2.28. The van der Waals surface area contributed by atoms with E-state index in [4.69, 9.17) is 0 Å². The van der Waals surface area contributed by atoms with Gasteiger partial charge in [0.2, 0.25) is 0 Å². The number of carbonyl (C=O) groups excluding carboxylic acids is 1. The molecule has 0 unspecified atom stereocenters. The number of fused-ring (bicyclic) bond motifs is 1. The van der Waals surface area contributed by atoms with Crippen LogP contribution in [0.15, 0.2) is 53.6 Å². The summed E-state index contributed by atoms with van der Waals surface area (Å²) in [5, 5.41) is 4.10. The first-order valence-corrected chi connectivity index (χ1v) is 9.79. The van der Waals surface area contributed by atoms with Crippen LogP contribution in [0.1, 0.15) is 30.7 Å². The lowest BCUT2D eigenvalue weighted by Crippen LogP contribution is -2.29. The van der Waals surface area contributed by atoms with Crippen molar-refractivity contribution in [3.05, 3.63) is 59.9 Å². The molecule has 0 atom stereocenters. The SMILES string of the molecule is Cc1nc2ccccc2n1CC(=O)N/N=C/c1ccc(N2CCCCC2)cc1. The molecule has 1 fully saturated rings. The number of anilines is 1. The van der Waals surface area contributed by atoms with Gasteiger partial charge in [0.1, 0.15) is 12.4 Å². The minimum absolute atomic E-state index is 0.174. The molecule has 1 N–H and O–H groups in total. The molecule has 144 valence electrons. The number of para-hydroxylation sites is 2. The third-order valence-corrected chi connectivity index (χ3v) is 5.16. The predicted octanol–water partition coefficient (Wildman–Crippen LogP) is 3.49. The van der Waals surface area contributed by atoms with Gasteiger partial charge in [-0.1, -0.05) is 24.3 Å². The number of piperidine rings is 1. The van der Waals surface area contributed by atoms with Crippen LogP contribution in [0.3, 0.4) is 0 Å². The molecule has 4 rings (SSSR count). The van der Waals surface area contributed by atoms with E-state index < -0.39 is 0 Å². The first-order chi connectivity index (χ1) is 13.7. The molecule has 0 bridgehead atoms. The van der Waals surface area contributed by atoms with Crippen molar-refractivity contribution in [2.75, 3.05) is 18.0 Å². The second-order valence-corrected chi connectivity index (χ2v) is 7.17. The van der Waals surface area contributed by atoms with Gasteiger partial charge in [0.25, 0.3) is 5.91 Å². The zero-order valence-electron chi connectivity index (χ0n) is 16.1. The summed E-state index contributed by atoms with van der Waals surface area (Å²) in [5.74, 6) is 0.640. The molecule has 0 aliphatic carbocycles. The van der Waals surface area contributed by atoms with Crippen molar-refractivity contribution < 1.29 is 4.79 Å². The van der Waals surface area contributed by atoms with Crippen molar-refractivity contribution in [1.82, 2.24) is 15.0 Å². The van der Waals surface area contributed by atoms with E-state index in [9.17, 15) is 4.79 Å². The van der Waals surface area contributed by atoms with E-state index in [-0.39, 0.29) is 12.5 Å². The zero-order valence-corrected chi connectivity index (χ0v) is 16.1. The molecule has 1 amide bonds. The fourth-order valence-corrected chi connectivity index (χ4v) is 3.68. The van der Waals surface area contributed by atoms with Gasteiger partial charge in [0.15, 0.2) is 0 Å². The number of hydrogen-bond donors (Lipinski definition) is 1. The Balaban J connectivity index is 1.35. The molecule has 3 aromatic rings. The maximum Gasteiger partial charge on any atom is 0.260 e. The van der Waals surface area contributed by atoms with Gasteiger partial charge in [0.05, 0.1) is 17.2 Å². The molecule has 0 radical (unpaired) electrons. The summed E-state index contributed by atoms with van der Waals surface area (Å²) < 4.78 is 1.90. The highest BCUT2D eigenvalue weighted by atomic mass is 16.2. The Morgan fingerprint density at radius 2 is 1.86 bits per heavy atom. The highest BCUT2D eigenvalue weighted by Crippen LogP contribution is 2.19. The van der Waals surface area contributed by atoms with Crippen LogP contribution in [0.2, 0.25) is 0 Å². The average Bonchev–Trinajstić information content (AvgIpc) is 3.04. The Kier molecular flexibility index (Phi) is 5.37. The first kappa shape index (κ1) is 18.2. The van der Waals surface area contributed by atoms with Crippen LogP contribution in [-0.2, 0) is 11.3 Å². The normalized spacial score (nSPS) is 14.7. The van der Waals surface area contributed by atoms with Crippen molar-refractivity contribution in [2.24, 2.45) is 5.10 Å². The molecule has 1 saturated heterocycles. The molecule has 28 heavy (non-hydrogen) atoms. The maximum atomic E-state index is 12.3. The number of rotatable bonds is 5. The topological polar surface area (TPSA) is 62.5 Å². The lowest BCUT2D eigenvalue weighted by atomic mass is 10.1. The van der Waals surface area contributed by atoms with Gasteiger partial charge in [-0.3, -0.25) is 4.79 Å². The molecule has 0 saturated carbocycles. The number of hydrogen-bond acceptors (Lipinski definition) is 4. The van der Waals surface area contributed by atoms with Gasteiger partial charge in [-0.05, 0) is 56.0 Å². The Hall–Kier alpha value is -3.15. The van der Waals surface area contributed by atoms with Crippen molar-refractivity contribution in [3.8, 4) is 0 Å². The standard InChI is InChI=1S/C22H25N5O/c1-17-24-20-7-3-4-8-21(20)27(17)16-22(28)25-23-15-18-9-11-19(12-10-18)26-13-5-2-6-14-26/h3-4,7-12,15H,2,5-6,13-14,16H2,1H3,(H,25,28)/b23-15+. The van der Waals surface area contributed by atoms with Crippen LogP contribution in [0.25, 0.3) is 11.0 Å². The number of benzene rings is 2. The highest BCUT2D eigenvalue weighted by molar-refractivity contribution is 5.84. The van der Waals surface area contributed by atoms with E-state index in [1.54, 1.807) is 6.21 Å². The number of nitrogens with one attached hydrogen (secondary N) is 1. The van der Waals surface area contributed by atoms with Crippen molar-refractivity contribution >= 4 is 28.8 Å². The quantitative estimate of drug-likeness (QED) is 0.548. The molecule has 6 heteroatoms. The van der Waals surface area contributed by atoms with Crippen LogP contribution >= 0.6 is 0 Å². The Morgan fingerprint density at radius 1 is 1.11 bits per heavy atom. The van der Waals surface area contributed by atoms with Crippen LogP contribution < -0.4 is 10.3 Å². The van der Waals surface area contributed by atoms with Crippen molar-refractivity contribution in [2.45, 2.75) is 32.7 Å². The van der Waals surface area contributed by atoms with Crippen LogP contribution in [-0.4, -0.2) is 34.8 Å². The molecule has 6 nitrogen and oxygen atoms in total. The van der Waals surface area contributed by atoms with E-state index in [0.717, 1.165) is 35.5 Å². The Labute approximate surface area is 164 Å². The largest absolute Gasteiger partial charge is 0.372 e. The van der Waals surface area contributed by atoms with Crippen LogP contribution in [0, 0.1) is 6.92 Å². The number of aryl methyl sites for hydroxylation is 1. The molecule has 2 aromatic carbocycles. The molecular weight excluding hydrogens is 350 g/mol. The molecule has 1 aromatic heterocycles. The van der Waals surface area contributed by atoms with Gasteiger partial charge in [-0.2, -0.15) is 5.10 Å². The summed E-state index contributed by atoms with van der Waals surface area (Å²) >= 11 is 0. The van der Waals surface area contributed by atoms with Gasteiger partial charge >= 0.3 is 0 Å². The summed E-state index contributed by atoms with van der Waals surface area (Å²) in [7, 11) is 0. The van der Waals surface area contributed by atoms with E-state index in [2.05, 4.69) is 32.5 Å². The fourth-order valence-electron chi connectivity index (χ4n) is 3.68. The predicted molar refractivity (Wildman–Crippen MR) is 113 cm³/mol. The molecular formula is C22H25N5O. The molecule has 2 heterocycles. The first-order valence-electron chi connectivity index (χ1n) is 9.79. The van der Waals surface area contributed by atoms with Crippen LogP contribution in [0.4, 0.5) is 5.69 Å². The summed E-state index contributed by atoms with van der Waals surface area (Å²) in [6.45, 7) is 4.36. The van der Waals surface area contributed by atoms with Crippen molar-refractivity contribution in [3.63, 3.8) is 0 Å². The van der Waals surface area contributed by atoms with Gasteiger partial charge in [-0.25, -0.2) is 10.4 Å². The minimum Gasteiger partial charge on any atom is -0.372 e. The smallest absolute Gasteiger partial charge is 0.260 e. The maximum absolute atomic E-state index is 12.3. The number of amides is 1. The average molecular weight is 375 g/mol. The number of imidazole rings is 1. The van der Waals surface area contributed by atoms with Gasteiger partial charge in [-0.15, -0.1) is 0 Å². The fraction of sp³-hybridized carbons (Fsp3) is 0.318. The van der Waals surface area contributed by atoms with Gasteiger partial charge in [0, 0.05) is 18.8 Å². The van der Waals surface area contributed by atoms with E-state index in [0.29, 0.717) is 0 Å². The van der Waals surface area contributed by atoms with Crippen LogP contribution in [0.5, 0.6) is 0 Å². The van der Waals surface area contributed by atoms with E-state index in [1.807, 2.05) is 47.9 Å². The Morgan fingerprint density at radius 3 is 2.64 bits per heavy atom. The van der Waals surface area contributed by atoms with Gasteiger partial charge < -0.3 is 9.47 Å². The van der Waals surface area contributed by atoms with Crippen molar-refractivity contribution in [1.29, 1.82) is 0 Å². The second kappa shape index (κ2) is 8.25. The third-order valence-electron chi connectivity index (χ3n) is 5.16. The third kappa shape index (κ3) is 4.06. The second-order valence-electron chi connectivity index (χ2n) is 7.17. The highest BCUT2D eigenvalue weighted by Gasteiger charge is 2.11. The summed E-state index contributed by atoms with van der Waals surface area (Å²) in [4.78, 5) is 19.2. The molecule has 1 aliphatic heterocycles. The molecule has 1 aliphatic rings. The summed E-state index contributed by atoms with van der Waals surface area (Å²) in [6.07, 6.45) is 5.54. The summed E-state index contributed by atoms with van der Waals surface area (Å²) in [6, 6.07) is 16.1. The zero-order chi connectivity index (χ0) is 19.3. The number of nitrogens with zero attached hydrogens (tertiary/aromatic N) is 4. The monoisotopic (exact) mass is 375 g/mol. The number of hydrazone groups is 1. The van der Waals surface area contributed by atoms with E-state index in [1.165, 1.54) is 24.9 Å². The van der Waals surface area contributed by atoms with E-state index >= 15 is 0 Å². The summed E-state index contributed by atoms with van der Waals surface area (Å²) in [5.41, 5.74) is 6.67. The minimum atomic E-state index is -0.174.